The zero-order valence-electron chi connectivity index (χ0n) is 13.3. The first-order valence-electron chi connectivity index (χ1n) is 7.03. The van der Waals surface area contributed by atoms with Crippen molar-refractivity contribution in [3.63, 3.8) is 0 Å². The molecule has 136 valence electrons. The third kappa shape index (κ3) is 4.50. The molecule has 0 aromatic heterocycles. The maximum Gasteiger partial charge on any atom is 0.387 e. The molecular weight excluding hydrogens is 388 g/mol. The number of ether oxygens (including phenoxy) is 2. The highest BCUT2D eigenvalue weighted by molar-refractivity contribution is 7.95. The molecule has 0 radical (unpaired) electrons. The van der Waals surface area contributed by atoms with Gasteiger partial charge in [0.2, 0.25) is 9.84 Å². The molecule has 2 aromatic rings. The van der Waals surface area contributed by atoms with Crippen LogP contribution in [0.1, 0.15) is 5.56 Å². The molecule has 0 amide bonds. The summed E-state index contributed by atoms with van der Waals surface area (Å²) >= 11 is 5.74. The van der Waals surface area contributed by atoms with E-state index in [2.05, 4.69) is 4.74 Å². The maximum atomic E-state index is 12.6. The van der Waals surface area contributed by atoms with Gasteiger partial charge in [-0.15, -0.1) is 0 Å². The van der Waals surface area contributed by atoms with E-state index in [-0.39, 0.29) is 22.0 Å². The van der Waals surface area contributed by atoms with Crippen LogP contribution in [0.5, 0.6) is 11.5 Å². The topological polar surface area (TPSA) is 76.4 Å². The summed E-state index contributed by atoms with van der Waals surface area (Å²) in [7, 11) is -2.82. The summed E-state index contributed by atoms with van der Waals surface area (Å²) in [5.41, 5.74) is 0.262. The fourth-order valence-electron chi connectivity index (χ4n) is 2.03. The van der Waals surface area contributed by atoms with Gasteiger partial charge in [0, 0.05) is 5.02 Å². The van der Waals surface area contributed by atoms with E-state index in [9.17, 15) is 22.5 Å². The van der Waals surface area contributed by atoms with Crippen LogP contribution in [0.2, 0.25) is 5.02 Å². The van der Waals surface area contributed by atoms with Gasteiger partial charge in [0.1, 0.15) is 11.0 Å². The molecule has 0 spiro atoms. The lowest BCUT2D eigenvalue weighted by Crippen LogP contribution is -2.04. The fourth-order valence-corrected chi connectivity index (χ4v) is 3.32. The zero-order valence-corrected chi connectivity index (χ0v) is 14.9. The number of nitriles is 1. The highest BCUT2D eigenvalue weighted by Crippen LogP contribution is 2.31. The molecule has 26 heavy (non-hydrogen) atoms. The van der Waals surface area contributed by atoms with Crippen LogP contribution in [0.15, 0.2) is 52.3 Å². The minimum absolute atomic E-state index is 0.0276. The number of halogens is 3. The highest BCUT2D eigenvalue weighted by atomic mass is 35.5. The number of nitrogens with zero attached hydrogens (tertiary/aromatic N) is 1. The van der Waals surface area contributed by atoms with E-state index >= 15 is 0 Å². The van der Waals surface area contributed by atoms with Crippen LogP contribution >= 0.6 is 11.6 Å². The maximum absolute atomic E-state index is 12.6. The van der Waals surface area contributed by atoms with Gasteiger partial charge in [0.25, 0.3) is 0 Å². The number of benzene rings is 2. The first-order chi connectivity index (χ1) is 12.3. The first-order valence-corrected chi connectivity index (χ1v) is 8.89. The highest BCUT2D eigenvalue weighted by Gasteiger charge is 2.21. The minimum Gasteiger partial charge on any atom is -0.493 e. The number of rotatable bonds is 6. The Labute approximate surface area is 154 Å². The molecule has 0 heterocycles. The van der Waals surface area contributed by atoms with Crippen molar-refractivity contribution in [2.45, 2.75) is 11.5 Å². The van der Waals surface area contributed by atoms with Crippen molar-refractivity contribution in [2.75, 3.05) is 7.11 Å². The zero-order chi connectivity index (χ0) is 19.3. The van der Waals surface area contributed by atoms with Gasteiger partial charge >= 0.3 is 6.61 Å². The number of allylic oxidation sites excluding steroid dienone is 1. The molecule has 0 fully saturated rings. The summed E-state index contributed by atoms with van der Waals surface area (Å²) in [6.45, 7) is -3.04. The van der Waals surface area contributed by atoms with Gasteiger partial charge in [-0.25, -0.2) is 8.42 Å². The number of hydrogen-bond donors (Lipinski definition) is 0. The van der Waals surface area contributed by atoms with E-state index in [1.807, 2.05) is 0 Å². The third-order valence-electron chi connectivity index (χ3n) is 3.23. The summed E-state index contributed by atoms with van der Waals surface area (Å²) in [5.74, 6) is -0.237. The molecule has 0 aliphatic carbocycles. The summed E-state index contributed by atoms with van der Waals surface area (Å²) in [5, 5.41) is 9.61. The standard InChI is InChI=1S/C17H12ClF2NO4S/c1-24-16-9-11(2-7-15(16)25-17(19)20)8-14(10-21)26(22,23)13-5-3-12(18)4-6-13/h2-9,17H,1H3/b14-8+. The molecule has 0 unspecified atom stereocenters. The lowest BCUT2D eigenvalue weighted by atomic mass is 10.2. The van der Waals surface area contributed by atoms with Crippen LogP contribution in [0.25, 0.3) is 6.08 Å². The second-order valence-electron chi connectivity index (χ2n) is 4.87. The van der Waals surface area contributed by atoms with Gasteiger partial charge in [-0.2, -0.15) is 14.0 Å². The smallest absolute Gasteiger partial charge is 0.387 e. The van der Waals surface area contributed by atoms with E-state index in [4.69, 9.17) is 16.3 Å². The van der Waals surface area contributed by atoms with Crippen LogP contribution in [0.3, 0.4) is 0 Å². The summed E-state index contributed by atoms with van der Waals surface area (Å²) < 4.78 is 59.1. The second-order valence-corrected chi connectivity index (χ2v) is 7.22. The van der Waals surface area contributed by atoms with Gasteiger partial charge in [-0.1, -0.05) is 17.7 Å². The molecule has 0 atom stereocenters. The summed E-state index contributed by atoms with van der Waals surface area (Å²) in [6.07, 6.45) is 1.11. The number of sulfone groups is 1. The Balaban J connectivity index is 2.45. The molecule has 5 nitrogen and oxygen atoms in total. The molecular formula is C17H12ClF2NO4S. The van der Waals surface area contributed by atoms with Crippen LogP contribution in [-0.2, 0) is 9.84 Å². The van der Waals surface area contributed by atoms with Crippen molar-refractivity contribution in [3.05, 3.63) is 58.0 Å². The minimum atomic E-state index is -4.07. The lowest BCUT2D eigenvalue weighted by molar-refractivity contribution is -0.0512. The Kier molecular flexibility index (Phi) is 6.18. The average Bonchev–Trinajstić information content (AvgIpc) is 2.60. The van der Waals surface area contributed by atoms with Crippen LogP contribution in [0.4, 0.5) is 8.78 Å². The second kappa shape index (κ2) is 8.17. The number of alkyl halides is 2. The molecule has 0 aliphatic rings. The monoisotopic (exact) mass is 399 g/mol. The average molecular weight is 400 g/mol. The predicted octanol–water partition coefficient (Wildman–Crippen LogP) is 4.29. The van der Waals surface area contributed by atoms with Crippen molar-refractivity contribution < 1.29 is 26.7 Å². The first kappa shape index (κ1) is 19.7. The Morgan fingerprint density at radius 2 is 1.85 bits per heavy atom. The SMILES string of the molecule is COc1cc(/C=C(\C#N)S(=O)(=O)c2ccc(Cl)cc2)ccc1OC(F)F. The van der Waals surface area contributed by atoms with Crippen molar-refractivity contribution in [2.24, 2.45) is 0 Å². The van der Waals surface area contributed by atoms with Crippen LogP contribution in [-0.4, -0.2) is 22.1 Å². The Bertz CT molecular complexity index is 967. The Morgan fingerprint density at radius 1 is 1.19 bits per heavy atom. The molecule has 0 bridgehead atoms. The van der Waals surface area contributed by atoms with Gasteiger partial charge in [-0.05, 0) is 48.0 Å². The van der Waals surface area contributed by atoms with E-state index in [1.54, 1.807) is 6.07 Å². The van der Waals surface area contributed by atoms with Crippen molar-refractivity contribution >= 4 is 27.5 Å². The summed E-state index contributed by atoms with van der Waals surface area (Å²) in [6, 6.07) is 10.8. The largest absolute Gasteiger partial charge is 0.493 e. The molecule has 2 aromatic carbocycles. The molecule has 9 heteroatoms. The molecule has 0 N–H and O–H groups in total. The van der Waals surface area contributed by atoms with Gasteiger partial charge in [-0.3, -0.25) is 0 Å². The van der Waals surface area contributed by atoms with Crippen molar-refractivity contribution in [1.82, 2.24) is 0 Å². The molecule has 0 saturated heterocycles. The summed E-state index contributed by atoms with van der Waals surface area (Å²) in [4.78, 5) is -0.622. The van der Waals surface area contributed by atoms with Crippen LogP contribution < -0.4 is 9.47 Å². The van der Waals surface area contributed by atoms with Gasteiger partial charge in [0.15, 0.2) is 11.5 Å². The quantitative estimate of drug-likeness (QED) is 0.677. The van der Waals surface area contributed by atoms with Gasteiger partial charge < -0.3 is 9.47 Å². The Hall–Kier alpha value is -2.63. The third-order valence-corrected chi connectivity index (χ3v) is 5.16. The van der Waals surface area contributed by atoms with E-state index in [0.29, 0.717) is 5.02 Å². The predicted molar refractivity (Wildman–Crippen MR) is 91.9 cm³/mol. The normalized spacial score (nSPS) is 11.9. The number of methoxy groups -OCH3 is 1. The van der Waals surface area contributed by atoms with E-state index in [1.165, 1.54) is 49.6 Å². The fraction of sp³-hybridized carbons (Fsp3) is 0.118. The van der Waals surface area contributed by atoms with Crippen molar-refractivity contribution in [1.29, 1.82) is 5.26 Å². The van der Waals surface area contributed by atoms with Crippen molar-refractivity contribution in [3.8, 4) is 17.6 Å². The lowest BCUT2D eigenvalue weighted by Gasteiger charge is -2.10. The Morgan fingerprint density at radius 3 is 2.38 bits per heavy atom. The molecule has 0 saturated carbocycles. The van der Waals surface area contributed by atoms with Gasteiger partial charge in [0.05, 0.1) is 12.0 Å². The van der Waals surface area contributed by atoms with E-state index in [0.717, 1.165) is 6.08 Å². The number of hydrogen-bond acceptors (Lipinski definition) is 5. The molecule has 0 aliphatic heterocycles. The molecule has 2 rings (SSSR count). The van der Waals surface area contributed by atoms with E-state index < -0.39 is 21.4 Å². The van der Waals surface area contributed by atoms with Crippen LogP contribution in [0, 0.1) is 11.3 Å².